The number of anilines is 1. The van der Waals surface area contributed by atoms with E-state index in [1.54, 1.807) is 18.2 Å². The molecule has 0 aliphatic heterocycles. The lowest BCUT2D eigenvalue weighted by molar-refractivity contribution is -0.118. The van der Waals surface area contributed by atoms with Crippen LogP contribution in [0.25, 0.3) is 0 Å². The van der Waals surface area contributed by atoms with E-state index in [1.165, 1.54) is 7.11 Å². The highest BCUT2D eigenvalue weighted by atomic mass is 35.5. The number of methoxy groups -OCH3 is 1. The normalized spacial score (nSPS) is 11.9. The number of halogens is 1. The van der Waals surface area contributed by atoms with Gasteiger partial charge in [0, 0.05) is 18.3 Å². The predicted octanol–water partition coefficient (Wildman–Crippen LogP) is 0.573. The molecule has 0 spiro atoms. The Morgan fingerprint density at radius 1 is 1.62 bits per heavy atom. The zero-order valence-corrected chi connectivity index (χ0v) is 9.62. The van der Waals surface area contributed by atoms with Crippen LogP contribution < -0.4 is 21.5 Å². The van der Waals surface area contributed by atoms with Gasteiger partial charge in [-0.3, -0.25) is 4.79 Å². The van der Waals surface area contributed by atoms with Crippen molar-refractivity contribution in [3.63, 3.8) is 0 Å². The maximum absolute atomic E-state index is 10.7. The molecule has 0 aliphatic rings. The van der Waals surface area contributed by atoms with E-state index >= 15 is 0 Å². The Labute approximate surface area is 98.7 Å². The molecule has 0 saturated heterocycles. The number of rotatable bonds is 5. The number of nitrogens with two attached hydrogens (primary N) is 2. The molecule has 1 atom stereocenters. The summed E-state index contributed by atoms with van der Waals surface area (Å²) in [5, 5.41) is 3.48. The second-order valence-electron chi connectivity index (χ2n) is 3.24. The predicted molar refractivity (Wildman–Crippen MR) is 63.7 cm³/mol. The largest absolute Gasteiger partial charge is 0.495 e. The molecule has 16 heavy (non-hydrogen) atoms. The third kappa shape index (κ3) is 3.29. The van der Waals surface area contributed by atoms with Crippen molar-refractivity contribution in [1.29, 1.82) is 0 Å². The lowest BCUT2D eigenvalue weighted by atomic mass is 10.2. The number of amides is 1. The number of nitrogens with one attached hydrogen (secondary N) is 1. The minimum Gasteiger partial charge on any atom is -0.495 e. The Balaban J connectivity index is 2.64. The van der Waals surface area contributed by atoms with Gasteiger partial charge in [-0.15, -0.1) is 0 Å². The number of carbonyl (C=O) groups is 1. The summed E-state index contributed by atoms with van der Waals surface area (Å²) < 4.78 is 5.05. The van der Waals surface area contributed by atoms with Crippen molar-refractivity contribution in [2.75, 3.05) is 19.0 Å². The highest BCUT2D eigenvalue weighted by Gasteiger charge is 2.09. The van der Waals surface area contributed by atoms with Crippen molar-refractivity contribution < 1.29 is 9.53 Å². The van der Waals surface area contributed by atoms with E-state index in [1.807, 2.05) is 0 Å². The minimum atomic E-state index is -0.721. The number of hydrogen-bond donors (Lipinski definition) is 3. The van der Waals surface area contributed by atoms with Crippen molar-refractivity contribution >= 4 is 23.2 Å². The fourth-order valence-corrected chi connectivity index (χ4v) is 1.29. The molecule has 5 nitrogen and oxygen atoms in total. The molecule has 1 aromatic rings. The van der Waals surface area contributed by atoms with Gasteiger partial charge in [0.25, 0.3) is 0 Å². The maximum atomic E-state index is 10.7. The van der Waals surface area contributed by atoms with Gasteiger partial charge in [0.05, 0.1) is 12.1 Å². The van der Waals surface area contributed by atoms with Gasteiger partial charge in [-0.1, -0.05) is 11.6 Å². The second kappa shape index (κ2) is 5.58. The first kappa shape index (κ1) is 12.6. The van der Waals surface area contributed by atoms with Crippen molar-refractivity contribution in [2.45, 2.75) is 6.04 Å². The van der Waals surface area contributed by atoms with Crippen LogP contribution in [0.15, 0.2) is 18.2 Å². The molecule has 1 rings (SSSR count). The van der Waals surface area contributed by atoms with E-state index in [0.29, 0.717) is 10.8 Å². The molecule has 0 heterocycles. The van der Waals surface area contributed by atoms with Crippen LogP contribution in [-0.4, -0.2) is 25.6 Å². The van der Waals surface area contributed by atoms with E-state index in [-0.39, 0.29) is 6.54 Å². The number of primary amides is 1. The van der Waals surface area contributed by atoms with Crippen LogP contribution in [0.1, 0.15) is 0 Å². The van der Waals surface area contributed by atoms with Crippen LogP contribution >= 0.6 is 11.6 Å². The van der Waals surface area contributed by atoms with Gasteiger partial charge in [0.1, 0.15) is 11.8 Å². The molecule has 5 N–H and O–H groups in total. The van der Waals surface area contributed by atoms with Crippen molar-refractivity contribution in [2.24, 2.45) is 11.5 Å². The molecule has 1 unspecified atom stereocenters. The van der Waals surface area contributed by atoms with E-state index < -0.39 is 11.9 Å². The van der Waals surface area contributed by atoms with E-state index in [0.717, 1.165) is 5.69 Å². The van der Waals surface area contributed by atoms with Crippen molar-refractivity contribution in [1.82, 2.24) is 0 Å². The Kier molecular flexibility index (Phi) is 4.39. The molecule has 0 bridgehead atoms. The Morgan fingerprint density at radius 2 is 2.31 bits per heavy atom. The molecule has 0 radical (unpaired) electrons. The summed E-state index contributed by atoms with van der Waals surface area (Å²) in [5.41, 5.74) is 11.3. The summed E-state index contributed by atoms with van der Waals surface area (Å²) in [6, 6.07) is 4.45. The van der Waals surface area contributed by atoms with Crippen molar-refractivity contribution in [3.8, 4) is 5.75 Å². The third-order valence-electron chi connectivity index (χ3n) is 2.04. The van der Waals surface area contributed by atoms with Crippen LogP contribution in [0.3, 0.4) is 0 Å². The minimum absolute atomic E-state index is 0.264. The van der Waals surface area contributed by atoms with Crippen LogP contribution in [0.2, 0.25) is 5.02 Å². The molecule has 6 heteroatoms. The first-order valence-electron chi connectivity index (χ1n) is 4.67. The maximum Gasteiger partial charge on any atom is 0.236 e. The van der Waals surface area contributed by atoms with E-state index in [4.69, 9.17) is 27.8 Å². The summed E-state index contributed by atoms with van der Waals surface area (Å²) in [7, 11) is 1.53. The first-order valence-corrected chi connectivity index (χ1v) is 5.04. The fourth-order valence-electron chi connectivity index (χ4n) is 1.10. The first-order chi connectivity index (χ1) is 7.54. The Bertz CT molecular complexity index is 384. The Morgan fingerprint density at radius 3 is 2.88 bits per heavy atom. The van der Waals surface area contributed by atoms with Gasteiger partial charge in [0.15, 0.2) is 0 Å². The number of hydrogen-bond acceptors (Lipinski definition) is 4. The van der Waals surface area contributed by atoms with E-state index in [9.17, 15) is 4.79 Å². The Hall–Kier alpha value is -1.46. The lowest BCUT2D eigenvalue weighted by Crippen LogP contribution is -2.41. The molecule has 0 fully saturated rings. The number of carbonyl (C=O) groups excluding carboxylic acids is 1. The highest BCUT2D eigenvalue weighted by Crippen LogP contribution is 2.27. The topological polar surface area (TPSA) is 90.4 Å². The van der Waals surface area contributed by atoms with Gasteiger partial charge >= 0.3 is 0 Å². The summed E-state index contributed by atoms with van der Waals surface area (Å²) in [4.78, 5) is 10.7. The highest BCUT2D eigenvalue weighted by molar-refractivity contribution is 6.32. The van der Waals surface area contributed by atoms with Gasteiger partial charge in [-0.2, -0.15) is 0 Å². The average molecular weight is 244 g/mol. The van der Waals surface area contributed by atoms with Crippen LogP contribution in [-0.2, 0) is 4.79 Å². The molecule has 1 amide bonds. The second-order valence-corrected chi connectivity index (χ2v) is 3.65. The monoisotopic (exact) mass is 243 g/mol. The smallest absolute Gasteiger partial charge is 0.236 e. The molecule has 0 aliphatic carbocycles. The summed E-state index contributed by atoms with van der Waals surface area (Å²) in [6.07, 6.45) is 0. The fraction of sp³-hybridized carbons (Fsp3) is 0.300. The van der Waals surface area contributed by atoms with Gasteiger partial charge in [-0.25, -0.2) is 0 Å². The van der Waals surface area contributed by atoms with Crippen LogP contribution in [0, 0.1) is 0 Å². The molecule has 1 aromatic carbocycles. The summed E-state index contributed by atoms with van der Waals surface area (Å²) in [5.74, 6) is 0.00717. The zero-order valence-electron chi connectivity index (χ0n) is 8.87. The van der Waals surface area contributed by atoms with Gasteiger partial charge < -0.3 is 21.5 Å². The van der Waals surface area contributed by atoms with E-state index in [2.05, 4.69) is 5.32 Å². The van der Waals surface area contributed by atoms with Crippen LogP contribution in [0.5, 0.6) is 5.75 Å². The summed E-state index contributed by atoms with van der Waals surface area (Å²) in [6.45, 7) is 0.264. The van der Waals surface area contributed by atoms with Crippen LogP contribution in [0.4, 0.5) is 5.69 Å². The lowest BCUT2D eigenvalue weighted by Gasteiger charge is -2.11. The van der Waals surface area contributed by atoms with Crippen molar-refractivity contribution in [3.05, 3.63) is 23.2 Å². The standard InChI is InChI=1S/C10H14ClN3O2/c1-16-9-4-6(2-3-7(9)11)14-5-8(12)10(13)15/h2-4,8,14H,5,12H2,1H3,(H2,13,15). The zero-order chi connectivity index (χ0) is 12.1. The molecular weight excluding hydrogens is 230 g/mol. The molecule has 0 aromatic heterocycles. The van der Waals surface area contributed by atoms with Gasteiger partial charge in [-0.05, 0) is 12.1 Å². The van der Waals surface area contributed by atoms with Gasteiger partial charge in [0.2, 0.25) is 5.91 Å². The SMILES string of the molecule is COc1cc(NCC(N)C(N)=O)ccc1Cl. The third-order valence-corrected chi connectivity index (χ3v) is 2.35. The number of ether oxygens (including phenoxy) is 1. The summed E-state index contributed by atoms with van der Waals surface area (Å²) >= 11 is 5.86. The number of benzene rings is 1. The molecular formula is C10H14ClN3O2. The quantitative estimate of drug-likeness (QED) is 0.705. The molecule has 88 valence electrons. The average Bonchev–Trinajstić information content (AvgIpc) is 2.27. The molecule has 0 saturated carbocycles.